The Hall–Kier alpha value is -2.96. The van der Waals surface area contributed by atoms with Crippen LogP contribution in [-0.4, -0.2) is 40.2 Å². The molecule has 0 bridgehead atoms. The highest BCUT2D eigenvalue weighted by Gasteiger charge is 2.30. The van der Waals surface area contributed by atoms with Gasteiger partial charge in [0.2, 0.25) is 5.76 Å². The number of nitrogens with one attached hydrogen (secondary N) is 1. The van der Waals surface area contributed by atoms with Crippen molar-refractivity contribution in [3.63, 3.8) is 0 Å². The maximum Gasteiger partial charge on any atom is 0.290 e. The highest BCUT2D eigenvalue weighted by Crippen LogP contribution is 2.28. The van der Waals surface area contributed by atoms with Crippen LogP contribution in [-0.2, 0) is 0 Å². The van der Waals surface area contributed by atoms with Crippen molar-refractivity contribution >= 4 is 22.8 Å². The van der Waals surface area contributed by atoms with Gasteiger partial charge >= 0.3 is 0 Å². The number of anilines is 1. The number of fused-ring (bicyclic) bond motifs is 1. The van der Waals surface area contributed by atoms with Crippen LogP contribution in [0.3, 0.4) is 0 Å². The van der Waals surface area contributed by atoms with E-state index in [0.29, 0.717) is 18.5 Å². The lowest BCUT2D eigenvalue weighted by Gasteiger charge is -2.22. The lowest BCUT2D eigenvalue weighted by Crippen LogP contribution is -2.32. The van der Waals surface area contributed by atoms with E-state index in [1.54, 1.807) is 6.20 Å². The molecule has 1 aromatic carbocycles. The zero-order chi connectivity index (χ0) is 18.1. The van der Waals surface area contributed by atoms with E-state index in [-0.39, 0.29) is 11.7 Å². The third kappa shape index (κ3) is 3.12. The Morgan fingerprint density at radius 2 is 2.12 bits per heavy atom. The molecular weight excluding hydrogens is 330 g/mol. The normalized spacial score (nSPS) is 19.8. The van der Waals surface area contributed by atoms with E-state index in [4.69, 9.17) is 9.51 Å². The van der Waals surface area contributed by atoms with E-state index in [1.807, 2.05) is 37.4 Å². The number of hydrogen-bond acceptors (Lipinski definition) is 6. The molecule has 1 saturated heterocycles. The van der Waals surface area contributed by atoms with Crippen LogP contribution < -0.4 is 10.2 Å². The number of aromatic nitrogens is 3. The molecule has 1 aliphatic heterocycles. The standard InChI is InChI=1S/C19H21N5O2/c1-12-8-22-26-18(12)19(25)21-9-14-7-13(2)24(11-14)17-10-20-15-5-3-4-6-16(15)23-17/h3-6,8,10,13-14H,7,9,11H2,1-2H3,(H,21,25). The van der Waals surface area contributed by atoms with Crippen molar-refractivity contribution in [2.75, 3.05) is 18.0 Å². The summed E-state index contributed by atoms with van der Waals surface area (Å²) in [5.74, 6) is 1.31. The van der Waals surface area contributed by atoms with Gasteiger partial charge in [0.1, 0.15) is 5.82 Å². The van der Waals surface area contributed by atoms with Gasteiger partial charge in [-0.05, 0) is 38.3 Å². The fraction of sp³-hybridized carbons (Fsp3) is 0.368. The topological polar surface area (TPSA) is 84.2 Å². The molecule has 2 unspecified atom stereocenters. The molecule has 4 rings (SSSR count). The molecule has 7 nitrogen and oxygen atoms in total. The predicted octanol–water partition coefficient (Wildman–Crippen LogP) is 2.57. The number of hydrogen-bond donors (Lipinski definition) is 1. The van der Waals surface area contributed by atoms with Crippen molar-refractivity contribution < 1.29 is 9.32 Å². The predicted molar refractivity (Wildman–Crippen MR) is 98.0 cm³/mol. The first-order valence-electron chi connectivity index (χ1n) is 8.79. The van der Waals surface area contributed by atoms with E-state index in [0.717, 1.165) is 35.4 Å². The maximum absolute atomic E-state index is 12.2. The molecule has 134 valence electrons. The van der Waals surface area contributed by atoms with Gasteiger partial charge in [-0.3, -0.25) is 9.78 Å². The summed E-state index contributed by atoms with van der Waals surface area (Å²) in [6.45, 7) is 5.42. The van der Waals surface area contributed by atoms with Gasteiger partial charge in [-0.25, -0.2) is 4.98 Å². The molecule has 1 amide bonds. The van der Waals surface area contributed by atoms with Crippen LogP contribution >= 0.6 is 0 Å². The third-order valence-electron chi connectivity index (χ3n) is 4.90. The van der Waals surface area contributed by atoms with Crippen LogP contribution in [0.1, 0.15) is 29.5 Å². The number of aryl methyl sites for hydroxylation is 1. The minimum atomic E-state index is -0.211. The molecule has 26 heavy (non-hydrogen) atoms. The quantitative estimate of drug-likeness (QED) is 0.778. The molecule has 0 spiro atoms. The summed E-state index contributed by atoms with van der Waals surface area (Å²) >= 11 is 0. The molecule has 0 radical (unpaired) electrons. The van der Waals surface area contributed by atoms with Gasteiger partial charge in [0.25, 0.3) is 5.91 Å². The van der Waals surface area contributed by atoms with Crippen LogP contribution in [0.4, 0.5) is 5.82 Å². The minimum Gasteiger partial charge on any atom is -0.352 e. The summed E-state index contributed by atoms with van der Waals surface area (Å²) in [4.78, 5) is 23.7. The zero-order valence-corrected chi connectivity index (χ0v) is 14.8. The first-order chi connectivity index (χ1) is 12.6. The van der Waals surface area contributed by atoms with Gasteiger partial charge in [0.15, 0.2) is 0 Å². The van der Waals surface area contributed by atoms with Gasteiger partial charge < -0.3 is 14.7 Å². The Balaban J connectivity index is 1.42. The van der Waals surface area contributed by atoms with Gasteiger partial charge in [-0.15, -0.1) is 0 Å². The Kier molecular flexibility index (Phi) is 4.28. The Morgan fingerprint density at radius 3 is 2.88 bits per heavy atom. The molecule has 2 atom stereocenters. The van der Waals surface area contributed by atoms with Gasteiger partial charge in [-0.2, -0.15) is 0 Å². The maximum atomic E-state index is 12.2. The second-order valence-electron chi connectivity index (χ2n) is 6.87. The molecular formula is C19H21N5O2. The number of nitrogens with zero attached hydrogens (tertiary/aromatic N) is 4. The lowest BCUT2D eigenvalue weighted by molar-refractivity contribution is 0.0910. The number of para-hydroxylation sites is 2. The highest BCUT2D eigenvalue weighted by molar-refractivity contribution is 5.92. The summed E-state index contributed by atoms with van der Waals surface area (Å²) in [5, 5.41) is 6.61. The molecule has 1 fully saturated rings. The number of rotatable bonds is 4. The first-order valence-corrected chi connectivity index (χ1v) is 8.79. The highest BCUT2D eigenvalue weighted by atomic mass is 16.5. The van der Waals surface area contributed by atoms with E-state index in [9.17, 15) is 4.79 Å². The Labute approximate surface area is 151 Å². The number of benzene rings is 1. The molecule has 1 N–H and O–H groups in total. The zero-order valence-electron chi connectivity index (χ0n) is 14.8. The van der Waals surface area contributed by atoms with Gasteiger partial charge in [0, 0.05) is 24.7 Å². The Morgan fingerprint density at radius 1 is 1.31 bits per heavy atom. The summed E-state index contributed by atoms with van der Waals surface area (Å²) < 4.78 is 5.00. The van der Waals surface area contributed by atoms with Gasteiger partial charge in [0.05, 0.1) is 23.4 Å². The van der Waals surface area contributed by atoms with Crippen molar-refractivity contribution in [1.82, 2.24) is 20.4 Å². The van der Waals surface area contributed by atoms with Crippen LogP contribution in [0.2, 0.25) is 0 Å². The molecule has 2 aromatic heterocycles. The summed E-state index contributed by atoms with van der Waals surface area (Å²) in [6.07, 6.45) is 4.37. The third-order valence-corrected chi connectivity index (χ3v) is 4.90. The smallest absolute Gasteiger partial charge is 0.290 e. The molecule has 0 saturated carbocycles. The van der Waals surface area contributed by atoms with Crippen LogP contribution in [0.25, 0.3) is 11.0 Å². The van der Waals surface area contributed by atoms with Crippen molar-refractivity contribution in [2.24, 2.45) is 5.92 Å². The van der Waals surface area contributed by atoms with Crippen molar-refractivity contribution in [1.29, 1.82) is 0 Å². The Bertz CT molecular complexity index is 938. The van der Waals surface area contributed by atoms with E-state index >= 15 is 0 Å². The fourth-order valence-corrected chi connectivity index (χ4v) is 3.52. The fourth-order valence-electron chi connectivity index (χ4n) is 3.52. The van der Waals surface area contributed by atoms with E-state index in [1.165, 1.54) is 0 Å². The second-order valence-corrected chi connectivity index (χ2v) is 6.87. The SMILES string of the molecule is Cc1cnoc1C(=O)NCC1CC(C)N(c2cnc3ccccc3n2)C1. The first kappa shape index (κ1) is 16.5. The second kappa shape index (κ2) is 6.74. The van der Waals surface area contributed by atoms with Crippen molar-refractivity contribution in [3.8, 4) is 0 Å². The monoisotopic (exact) mass is 351 g/mol. The molecule has 7 heteroatoms. The van der Waals surface area contributed by atoms with Crippen molar-refractivity contribution in [2.45, 2.75) is 26.3 Å². The van der Waals surface area contributed by atoms with Crippen LogP contribution in [0.5, 0.6) is 0 Å². The van der Waals surface area contributed by atoms with Crippen LogP contribution in [0, 0.1) is 12.8 Å². The number of amides is 1. The van der Waals surface area contributed by atoms with E-state index in [2.05, 4.69) is 27.3 Å². The number of carbonyl (C=O) groups is 1. The molecule has 3 aromatic rings. The van der Waals surface area contributed by atoms with Crippen LogP contribution in [0.15, 0.2) is 41.2 Å². The molecule has 3 heterocycles. The average molecular weight is 351 g/mol. The van der Waals surface area contributed by atoms with Crippen molar-refractivity contribution in [3.05, 3.63) is 48.0 Å². The minimum absolute atomic E-state index is 0.211. The summed E-state index contributed by atoms with van der Waals surface area (Å²) in [6, 6.07) is 8.22. The number of carbonyl (C=O) groups excluding carboxylic acids is 1. The largest absolute Gasteiger partial charge is 0.352 e. The molecule has 0 aliphatic carbocycles. The lowest BCUT2D eigenvalue weighted by atomic mass is 10.1. The summed E-state index contributed by atoms with van der Waals surface area (Å²) in [5.41, 5.74) is 2.54. The summed E-state index contributed by atoms with van der Waals surface area (Å²) in [7, 11) is 0. The average Bonchev–Trinajstić information content (AvgIpc) is 3.25. The molecule has 1 aliphatic rings. The van der Waals surface area contributed by atoms with Gasteiger partial charge in [-0.1, -0.05) is 17.3 Å². The van der Waals surface area contributed by atoms with E-state index < -0.39 is 0 Å².